The molecule has 9 heteroatoms. The molecule has 3 aromatic rings. The summed E-state index contributed by atoms with van der Waals surface area (Å²) < 4.78 is 27.6. The van der Waals surface area contributed by atoms with Gasteiger partial charge in [-0.05, 0) is 55.3 Å². The number of nitrogens with one attached hydrogen (secondary N) is 1. The summed E-state index contributed by atoms with van der Waals surface area (Å²) in [5.41, 5.74) is 2.01. The van der Waals surface area contributed by atoms with Gasteiger partial charge in [0.15, 0.2) is 5.82 Å². The molecule has 6 nitrogen and oxygen atoms in total. The summed E-state index contributed by atoms with van der Waals surface area (Å²) >= 11 is 11.8. The summed E-state index contributed by atoms with van der Waals surface area (Å²) in [4.78, 5) is 2.26. The Kier molecular flexibility index (Phi) is 5.63. The van der Waals surface area contributed by atoms with Crippen molar-refractivity contribution in [2.24, 2.45) is 0 Å². The second-order valence-corrected chi connectivity index (χ2v) is 9.23. The number of halogens is 2. The van der Waals surface area contributed by atoms with Crippen LogP contribution in [0.15, 0.2) is 59.5 Å². The number of nitrogens with zero attached hydrogens (tertiary/aromatic N) is 3. The molecular weight excluding hydrogens is 431 g/mol. The first kappa shape index (κ1) is 19.9. The van der Waals surface area contributed by atoms with E-state index in [1.807, 2.05) is 12.1 Å². The van der Waals surface area contributed by atoms with Crippen molar-refractivity contribution in [3.63, 3.8) is 0 Å². The normalized spacial score (nSPS) is 14.2. The highest BCUT2D eigenvalue weighted by molar-refractivity contribution is 7.92. The Hall–Kier alpha value is -2.35. The van der Waals surface area contributed by atoms with Crippen LogP contribution in [0.2, 0.25) is 10.0 Å². The van der Waals surface area contributed by atoms with E-state index in [0.717, 1.165) is 30.2 Å². The lowest BCUT2D eigenvalue weighted by atomic mass is 10.1. The predicted octanol–water partition coefficient (Wildman–Crippen LogP) is 4.85. The fraction of sp³-hybridized carbons (Fsp3) is 0.200. The van der Waals surface area contributed by atoms with E-state index in [0.29, 0.717) is 10.7 Å². The molecule has 150 valence electrons. The molecule has 0 unspecified atom stereocenters. The predicted molar refractivity (Wildman–Crippen MR) is 116 cm³/mol. The lowest BCUT2D eigenvalue weighted by Crippen LogP contribution is -2.19. The summed E-state index contributed by atoms with van der Waals surface area (Å²) in [6.45, 7) is 2.03. The van der Waals surface area contributed by atoms with E-state index in [4.69, 9.17) is 23.2 Å². The first-order chi connectivity index (χ1) is 13.9. The molecule has 1 aliphatic heterocycles. The average molecular weight is 449 g/mol. The summed E-state index contributed by atoms with van der Waals surface area (Å²) in [6.07, 6.45) is 2.37. The van der Waals surface area contributed by atoms with Gasteiger partial charge in [0.1, 0.15) is 0 Å². The Labute approximate surface area is 179 Å². The highest BCUT2D eigenvalue weighted by atomic mass is 35.5. The minimum absolute atomic E-state index is 0.0411. The fourth-order valence-corrected chi connectivity index (χ4v) is 4.61. The standard InChI is InChI=1S/C20H18Cl2N4O2S/c21-17-8-7-16(13-18(17)22)29(27,28)25-15-5-3-14(4-6-15)19-9-10-20(24-23-19)26-11-1-2-12-26/h3-10,13,25H,1-2,11-12H2. The highest BCUT2D eigenvalue weighted by Crippen LogP contribution is 2.27. The number of benzene rings is 2. The molecule has 0 saturated carbocycles. The van der Waals surface area contributed by atoms with Gasteiger partial charge in [-0.2, -0.15) is 0 Å². The average Bonchev–Trinajstić information content (AvgIpc) is 3.25. The molecule has 0 radical (unpaired) electrons. The summed E-state index contributed by atoms with van der Waals surface area (Å²) in [7, 11) is -3.77. The molecule has 1 saturated heterocycles. The topological polar surface area (TPSA) is 75.2 Å². The molecule has 2 heterocycles. The zero-order valence-corrected chi connectivity index (χ0v) is 17.7. The number of anilines is 2. The third-order valence-corrected chi connectivity index (χ3v) is 6.83. The molecule has 1 aromatic heterocycles. The van der Waals surface area contributed by atoms with Gasteiger partial charge in [-0.1, -0.05) is 35.3 Å². The van der Waals surface area contributed by atoms with Crippen LogP contribution in [0.4, 0.5) is 11.5 Å². The maximum atomic E-state index is 12.5. The number of hydrogen-bond acceptors (Lipinski definition) is 5. The summed E-state index contributed by atoms with van der Waals surface area (Å²) in [5, 5.41) is 9.10. The Morgan fingerprint density at radius 2 is 1.59 bits per heavy atom. The van der Waals surface area contributed by atoms with Crippen LogP contribution >= 0.6 is 23.2 Å². The van der Waals surface area contributed by atoms with Crippen LogP contribution in [0.3, 0.4) is 0 Å². The Morgan fingerprint density at radius 3 is 2.21 bits per heavy atom. The lowest BCUT2D eigenvalue weighted by Gasteiger charge is -2.15. The van der Waals surface area contributed by atoms with Crippen LogP contribution in [0.25, 0.3) is 11.3 Å². The van der Waals surface area contributed by atoms with Gasteiger partial charge < -0.3 is 4.90 Å². The van der Waals surface area contributed by atoms with E-state index in [9.17, 15) is 8.42 Å². The zero-order valence-electron chi connectivity index (χ0n) is 15.3. The molecule has 1 fully saturated rings. The van der Waals surface area contributed by atoms with E-state index in [2.05, 4.69) is 19.8 Å². The zero-order chi connectivity index (χ0) is 20.4. The van der Waals surface area contributed by atoms with Gasteiger partial charge >= 0.3 is 0 Å². The van der Waals surface area contributed by atoms with Crippen molar-refractivity contribution < 1.29 is 8.42 Å². The Bertz CT molecular complexity index is 1110. The highest BCUT2D eigenvalue weighted by Gasteiger charge is 2.16. The fourth-order valence-electron chi connectivity index (χ4n) is 3.16. The minimum atomic E-state index is -3.77. The van der Waals surface area contributed by atoms with Gasteiger partial charge in [0.2, 0.25) is 0 Å². The van der Waals surface area contributed by atoms with Gasteiger partial charge in [0.05, 0.1) is 20.6 Å². The van der Waals surface area contributed by atoms with Gasteiger partial charge in [-0.15, -0.1) is 10.2 Å². The van der Waals surface area contributed by atoms with Crippen LogP contribution in [-0.4, -0.2) is 31.7 Å². The molecule has 4 rings (SSSR count). The first-order valence-electron chi connectivity index (χ1n) is 9.09. The van der Waals surface area contributed by atoms with Crippen LogP contribution in [0, 0.1) is 0 Å². The van der Waals surface area contributed by atoms with Gasteiger partial charge in [0.25, 0.3) is 10.0 Å². The van der Waals surface area contributed by atoms with Crippen molar-refractivity contribution in [1.82, 2.24) is 10.2 Å². The second kappa shape index (κ2) is 8.18. The number of hydrogen-bond donors (Lipinski definition) is 1. The van der Waals surface area contributed by atoms with E-state index >= 15 is 0 Å². The molecule has 29 heavy (non-hydrogen) atoms. The quantitative estimate of drug-likeness (QED) is 0.603. The van der Waals surface area contributed by atoms with Crippen molar-refractivity contribution in [1.29, 1.82) is 0 Å². The van der Waals surface area contributed by atoms with E-state index in [1.54, 1.807) is 24.3 Å². The number of aromatic nitrogens is 2. The van der Waals surface area contributed by atoms with Gasteiger partial charge in [-0.25, -0.2) is 8.42 Å². The summed E-state index contributed by atoms with van der Waals surface area (Å²) in [6, 6.07) is 15.0. The minimum Gasteiger partial charge on any atom is -0.355 e. The van der Waals surface area contributed by atoms with Crippen molar-refractivity contribution in [2.75, 3.05) is 22.7 Å². The molecule has 1 N–H and O–H groups in total. The van der Waals surface area contributed by atoms with E-state index in [1.165, 1.54) is 31.0 Å². The van der Waals surface area contributed by atoms with Crippen LogP contribution in [0.1, 0.15) is 12.8 Å². The maximum absolute atomic E-state index is 12.5. The molecule has 0 aliphatic carbocycles. The molecule has 2 aromatic carbocycles. The van der Waals surface area contributed by atoms with Crippen molar-refractivity contribution in [2.45, 2.75) is 17.7 Å². The molecule has 1 aliphatic rings. The molecule has 0 amide bonds. The smallest absolute Gasteiger partial charge is 0.261 e. The Balaban J connectivity index is 1.49. The molecule has 0 atom stereocenters. The second-order valence-electron chi connectivity index (χ2n) is 6.73. The summed E-state index contributed by atoms with van der Waals surface area (Å²) in [5.74, 6) is 0.886. The van der Waals surface area contributed by atoms with Crippen molar-refractivity contribution in [3.8, 4) is 11.3 Å². The third kappa shape index (κ3) is 4.47. The van der Waals surface area contributed by atoms with Crippen molar-refractivity contribution >= 4 is 44.7 Å². The van der Waals surface area contributed by atoms with Crippen LogP contribution in [-0.2, 0) is 10.0 Å². The van der Waals surface area contributed by atoms with E-state index < -0.39 is 10.0 Å². The largest absolute Gasteiger partial charge is 0.355 e. The number of rotatable bonds is 5. The Morgan fingerprint density at radius 1 is 0.862 bits per heavy atom. The van der Waals surface area contributed by atoms with Crippen LogP contribution in [0.5, 0.6) is 0 Å². The van der Waals surface area contributed by atoms with Crippen LogP contribution < -0.4 is 9.62 Å². The molecule has 0 spiro atoms. The first-order valence-corrected chi connectivity index (χ1v) is 11.3. The molecular formula is C20H18Cl2N4O2S. The third-order valence-electron chi connectivity index (χ3n) is 4.71. The van der Waals surface area contributed by atoms with Gasteiger partial charge in [0, 0.05) is 24.3 Å². The van der Waals surface area contributed by atoms with Gasteiger partial charge in [-0.3, -0.25) is 4.72 Å². The molecule has 0 bridgehead atoms. The lowest BCUT2D eigenvalue weighted by molar-refractivity contribution is 0.601. The monoisotopic (exact) mass is 448 g/mol. The SMILES string of the molecule is O=S(=O)(Nc1ccc(-c2ccc(N3CCCC3)nn2)cc1)c1ccc(Cl)c(Cl)c1. The number of sulfonamides is 1. The van der Waals surface area contributed by atoms with Crippen molar-refractivity contribution in [3.05, 3.63) is 64.6 Å². The van der Waals surface area contributed by atoms with E-state index in [-0.39, 0.29) is 9.92 Å². The maximum Gasteiger partial charge on any atom is 0.261 e.